The lowest BCUT2D eigenvalue weighted by atomic mass is 10.00. The molecule has 1 atom stereocenters. The van der Waals surface area contributed by atoms with Gasteiger partial charge < -0.3 is 10.2 Å². The third kappa shape index (κ3) is 3.69. The van der Waals surface area contributed by atoms with Crippen molar-refractivity contribution in [2.75, 3.05) is 25.0 Å². The molecule has 1 fully saturated rings. The largest absolute Gasteiger partial charge is 0.370 e. The van der Waals surface area contributed by atoms with E-state index in [0.29, 0.717) is 11.5 Å². The first kappa shape index (κ1) is 13.8. The summed E-state index contributed by atoms with van der Waals surface area (Å²) >= 11 is 0. The summed E-state index contributed by atoms with van der Waals surface area (Å²) in [6.45, 7) is 6.97. The Balaban J connectivity index is 1.98. The van der Waals surface area contributed by atoms with Gasteiger partial charge in [-0.1, -0.05) is 13.8 Å². The molecular weight excluding hydrogens is 238 g/mol. The summed E-state index contributed by atoms with van der Waals surface area (Å²) in [4.78, 5) is 18.6. The SMILES string of the molecule is CCCNc1ccc(C(=O)N2CCCC(C)C2)cn1. The summed E-state index contributed by atoms with van der Waals surface area (Å²) in [5.74, 6) is 1.56. The van der Waals surface area contributed by atoms with Gasteiger partial charge in [0.15, 0.2) is 0 Å². The van der Waals surface area contributed by atoms with Crippen molar-refractivity contribution in [3.8, 4) is 0 Å². The highest BCUT2D eigenvalue weighted by molar-refractivity contribution is 5.94. The van der Waals surface area contributed by atoms with Crippen LogP contribution in [0.1, 0.15) is 43.5 Å². The number of carbonyl (C=O) groups excluding carboxylic acids is 1. The summed E-state index contributed by atoms with van der Waals surface area (Å²) in [6.07, 6.45) is 5.08. The van der Waals surface area contributed by atoms with Crippen LogP contribution in [0.15, 0.2) is 18.3 Å². The number of aromatic nitrogens is 1. The van der Waals surface area contributed by atoms with Gasteiger partial charge in [-0.3, -0.25) is 4.79 Å². The number of carbonyl (C=O) groups is 1. The van der Waals surface area contributed by atoms with Crippen LogP contribution < -0.4 is 5.32 Å². The molecule has 0 spiro atoms. The van der Waals surface area contributed by atoms with Gasteiger partial charge in [-0.15, -0.1) is 0 Å². The Morgan fingerprint density at radius 1 is 1.53 bits per heavy atom. The number of piperidine rings is 1. The highest BCUT2D eigenvalue weighted by Crippen LogP contribution is 2.18. The van der Waals surface area contributed by atoms with E-state index in [9.17, 15) is 4.79 Å². The smallest absolute Gasteiger partial charge is 0.255 e. The molecule has 0 bridgehead atoms. The molecule has 4 nitrogen and oxygen atoms in total. The van der Waals surface area contributed by atoms with Crippen LogP contribution in [0.2, 0.25) is 0 Å². The quantitative estimate of drug-likeness (QED) is 0.906. The minimum Gasteiger partial charge on any atom is -0.370 e. The number of hydrogen-bond donors (Lipinski definition) is 1. The predicted molar refractivity (Wildman–Crippen MR) is 77.3 cm³/mol. The van der Waals surface area contributed by atoms with E-state index < -0.39 is 0 Å². The van der Waals surface area contributed by atoms with Crippen LogP contribution >= 0.6 is 0 Å². The second kappa shape index (κ2) is 6.55. The molecule has 0 saturated carbocycles. The molecule has 0 aliphatic carbocycles. The van der Waals surface area contributed by atoms with Crippen LogP contribution in [0.4, 0.5) is 5.82 Å². The van der Waals surface area contributed by atoms with Crippen molar-refractivity contribution in [1.29, 1.82) is 0 Å². The van der Waals surface area contributed by atoms with Gasteiger partial charge in [0.05, 0.1) is 5.56 Å². The van der Waals surface area contributed by atoms with Crippen molar-refractivity contribution >= 4 is 11.7 Å². The second-order valence-electron chi connectivity index (χ2n) is 5.36. The fourth-order valence-corrected chi connectivity index (χ4v) is 2.43. The lowest BCUT2D eigenvalue weighted by molar-refractivity contribution is 0.0682. The van der Waals surface area contributed by atoms with Crippen molar-refractivity contribution in [3.63, 3.8) is 0 Å². The van der Waals surface area contributed by atoms with Gasteiger partial charge in [0, 0.05) is 25.8 Å². The van der Waals surface area contributed by atoms with Crippen LogP contribution in [-0.2, 0) is 0 Å². The number of nitrogens with one attached hydrogen (secondary N) is 1. The molecule has 1 aromatic rings. The minimum atomic E-state index is 0.112. The van der Waals surface area contributed by atoms with Crippen molar-refractivity contribution < 1.29 is 4.79 Å². The third-order valence-corrected chi connectivity index (χ3v) is 3.51. The first-order chi connectivity index (χ1) is 9.20. The molecule has 1 saturated heterocycles. The van der Waals surface area contributed by atoms with E-state index in [1.807, 2.05) is 17.0 Å². The average Bonchev–Trinajstić information content (AvgIpc) is 2.45. The molecule has 19 heavy (non-hydrogen) atoms. The molecule has 104 valence electrons. The van der Waals surface area contributed by atoms with Crippen LogP contribution in [0.5, 0.6) is 0 Å². The molecule has 4 heteroatoms. The molecular formula is C15H23N3O. The van der Waals surface area contributed by atoms with Gasteiger partial charge >= 0.3 is 0 Å². The lowest BCUT2D eigenvalue weighted by Crippen LogP contribution is -2.39. The molecule has 2 rings (SSSR count). The van der Waals surface area contributed by atoms with Crippen molar-refractivity contribution in [1.82, 2.24) is 9.88 Å². The summed E-state index contributed by atoms with van der Waals surface area (Å²) in [5, 5.41) is 3.21. The third-order valence-electron chi connectivity index (χ3n) is 3.51. The molecule has 0 radical (unpaired) electrons. The minimum absolute atomic E-state index is 0.112. The highest BCUT2D eigenvalue weighted by atomic mass is 16.2. The molecule has 1 N–H and O–H groups in total. The van der Waals surface area contributed by atoms with Gasteiger partial charge in [-0.05, 0) is 37.3 Å². The van der Waals surface area contributed by atoms with Crippen molar-refractivity contribution in [2.45, 2.75) is 33.1 Å². The van der Waals surface area contributed by atoms with Gasteiger partial charge in [0.2, 0.25) is 0 Å². The summed E-state index contributed by atoms with van der Waals surface area (Å²) in [7, 11) is 0. The topological polar surface area (TPSA) is 45.2 Å². The van der Waals surface area contributed by atoms with E-state index in [1.165, 1.54) is 6.42 Å². The second-order valence-corrected chi connectivity index (χ2v) is 5.36. The summed E-state index contributed by atoms with van der Waals surface area (Å²) < 4.78 is 0. The summed E-state index contributed by atoms with van der Waals surface area (Å²) in [6, 6.07) is 3.75. The summed E-state index contributed by atoms with van der Waals surface area (Å²) in [5.41, 5.74) is 0.691. The van der Waals surface area contributed by atoms with E-state index in [2.05, 4.69) is 24.1 Å². The van der Waals surface area contributed by atoms with Crippen molar-refractivity contribution in [3.05, 3.63) is 23.9 Å². The van der Waals surface area contributed by atoms with Gasteiger partial charge in [0.25, 0.3) is 5.91 Å². The van der Waals surface area contributed by atoms with Crippen LogP contribution in [0, 0.1) is 5.92 Å². The molecule has 1 aromatic heterocycles. The number of likely N-dealkylation sites (tertiary alicyclic amines) is 1. The van der Waals surface area contributed by atoms with E-state index in [-0.39, 0.29) is 5.91 Å². The first-order valence-corrected chi connectivity index (χ1v) is 7.20. The normalized spacial score (nSPS) is 19.3. The average molecular weight is 261 g/mol. The van der Waals surface area contributed by atoms with Gasteiger partial charge in [0.1, 0.15) is 5.82 Å². The standard InChI is InChI=1S/C15H23N3O/c1-3-8-16-14-7-6-13(10-17-14)15(19)18-9-4-5-12(2)11-18/h6-7,10,12H,3-5,8-9,11H2,1-2H3,(H,16,17). The molecule has 1 aliphatic heterocycles. The van der Waals surface area contributed by atoms with Crippen LogP contribution in [0.25, 0.3) is 0 Å². The monoisotopic (exact) mass is 261 g/mol. The number of amides is 1. The van der Waals surface area contributed by atoms with Crippen LogP contribution in [0.3, 0.4) is 0 Å². The van der Waals surface area contributed by atoms with Crippen molar-refractivity contribution in [2.24, 2.45) is 5.92 Å². The maximum atomic E-state index is 12.3. The zero-order valence-electron chi connectivity index (χ0n) is 11.9. The van der Waals surface area contributed by atoms with E-state index in [4.69, 9.17) is 0 Å². The van der Waals surface area contributed by atoms with E-state index in [1.54, 1.807) is 6.20 Å². The number of rotatable bonds is 4. The molecule has 1 amide bonds. The maximum Gasteiger partial charge on any atom is 0.255 e. The molecule has 1 unspecified atom stereocenters. The zero-order chi connectivity index (χ0) is 13.7. The van der Waals surface area contributed by atoms with E-state index in [0.717, 1.165) is 38.3 Å². The van der Waals surface area contributed by atoms with Crippen LogP contribution in [-0.4, -0.2) is 35.4 Å². The van der Waals surface area contributed by atoms with E-state index >= 15 is 0 Å². The zero-order valence-corrected chi connectivity index (χ0v) is 11.9. The Labute approximate surface area is 115 Å². The Morgan fingerprint density at radius 2 is 2.37 bits per heavy atom. The number of anilines is 1. The Bertz CT molecular complexity index is 416. The molecule has 2 heterocycles. The number of nitrogens with zero attached hydrogens (tertiary/aromatic N) is 2. The Kier molecular flexibility index (Phi) is 4.77. The highest BCUT2D eigenvalue weighted by Gasteiger charge is 2.22. The maximum absolute atomic E-state index is 12.3. The lowest BCUT2D eigenvalue weighted by Gasteiger charge is -2.30. The van der Waals surface area contributed by atoms with Gasteiger partial charge in [-0.2, -0.15) is 0 Å². The fourth-order valence-electron chi connectivity index (χ4n) is 2.43. The number of hydrogen-bond acceptors (Lipinski definition) is 3. The molecule has 0 aromatic carbocycles. The van der Waals surface area contributed by atoms with Gasteiger partial charge in [-0.25, -0.2) is 4.98 Å². The fraction of sp³-hybridized carbons (Fsp3) is 0.600. The Morgan fingerprint density at radius 3 is 3.00 bits per heavy atom. The molecule has 1 aliphatic rings. The number of pyridine rings is 1. The first-order valence-electron chi connectivity index (χ1n) is 7.20. The Hall–Kier alpha value is -1.58. The predicted octanol–water partition coefficient (Wildman–Crippen LogP) is 2.78.